The maximum absolute atomic E-state index is 9.22. The van der Waals surface area contributed by atoms with Crippen molar-refractivity contribution in [2.45, 2.75) is 0 Å². The third-order valence-electron chi connectivity index (χ3n) is 18.2. The first-order valence-electron chi connectivity index (χ1n) is 32.6. The second-order valence-electron chi connectivity index (χ2n) is 24.5. The van der Waals surface area contributed by atoms with E-state index in [4.69, 9.17) is 0 Å². The van der Waals surface area contributed by atoms with Gasteiger partial charge in [-0.3, -0.25) is 0 Å². The van der Waals surface area contributed by atoms with Gasteiger partial charge in [-0.05, 0) is 238 Å². The molecule has 0 fully saturated rings. The van der Waals surface area contributed by atoms with Crippen LogP contribution in [0.15, 0.2) is 379 Å². The summed E-state index contributed by atoms with van der Waals surface area (Å²) in [7, 11) is -1.43. The minimum atomic E-state index is -1.43. The molecule has 0 unspecified atom stereocenters. The Labute approximate surface area is 583 Å². The van der Waals surface area contributed by atoms with E-state index in [-0.39, 0.29) is 0 Å². The molecule has 0 amide bonds. The third kappa shape index (κ3) is 13.7. The summed E-state index contributed by atoms with van der Waals surface area (Å²) < 4.78 is 2.18. The predicted octanol–water partition coefficient (Wildman–Crippen LogP) is 25.0. The molecule has 0 heterocycles. The zero-order valence-electron chi connectivity index (χ0n) is 52.9. The van der Waals surface area contributed by atoms with Crippen molar-refractivity contribution in [1.82, 2.24) is 0 Å². The van der Waals surface area contributed by atoms with Crippen LogP contribution in [-0.2, 0) is 0 Å². The number of hydrogen-bond donors (Lipinski definition) is 2. The van der Waals surface area contributed by atoms with Gasteiger partial charge in [0.1, 0.15) is 0 Å². The van der Waals surface area contributed by atoms with Gasteiger partial charge in [-0.2, -0.15) is 0 Å². The molecule has 460 valence electrons. The highest BCUT2D eigenvalue weighted by atomic mass is 79.9. The quantitative estimate of drug-likeness (QED) is 0.134. The van der Waals surface area contributed by atoms with Gasteiger partial charge in [0.2, 0.25) is 0 Å². The Kier molecular flexibility index (Phi) is 18.0. The predicted molar refractivity (Wildman–Crippen MR) is 421 cm³/mol. The second kappa shape index (κ2) is 28.1. The molecule has 0 saturated heterocycles. The van der Waals surface area contributed by atoms with E-state index >= 15 is 0 Å². The molecular formula is C92H63BBr2O2. The zero-order chi connectivity index (χ0) is 65.6. The maximum atomic E-state index is 9.22. The van der Waals surface area contributed by atoms with Crippen LogP contribution in [0.25, 0.3) is 154 Å². The lowest BCUT2D eigenvalue weighted by Gasteiger charge is -2.18. The number of benzene rings is 17. The molecule has 0 aliphatic heterocycles. The van der Waals surface area contributed by atoms with Crippen LogP contribution >= 0.6 is 31.9 Å². The zero-order valence-corrected chi connectivity index (χ0v) is 56.1. The Bertz CT molecular complexity index is 5410. The molecule has 0 aliphatic rings. The van der Waals surface area contributed by atoms with Crippen molar-refractivity contribution in [2.75, 3.05) is 0 Å². The molecule has 0 saturated carbocycles. The molecule has 17 aromatic carbocycles. The lowest BCUT2D eigenvalue weighted by atomic mass is 9.79. The first-order chi connectivity index (χ1) is 47.7. The van der Waals surface area contributed by atoms with E-state index in [0.29, 0.717) is 5.46 Å². The molecule has 2 N–H and O–H groups in total. The molecule has 0 radical (unpaired) electrons. The van der Waals surface area contributed by atoms with Crippen LogP contribution in [0.4, 0.5) is 0 Å². The van der Waals surface area contributed by atoms with Gasteiger partial charge >= 0.3 is 7.12 Å². The lowest BCUT2D eigenvalue weighted by Crippen LogP contribution is -2.29. The summed E-state index contributed by atoms with van der Waals surface area (Å²) >= 11 is 7.39. The van der Waals surface area contributed by atoms with Crippen LogP contribution in [0.3, 0.4) is 0 Å². The molecular weight excluding hydrogens is 1310 g/mol. The minimum absolute atomic E-state index is 0.505. The molecule has 0 aliphatic carbocycles. The second-order valence-corrected chi connectivity index (χ2v) is 26.3. The van der Waals surface area contributed by atoms with Gasteiger partial charge in [-0.25, -0.2) is 0 Å². The standard InChI is InChI=1S/C54H36.C22H14Br2.C16H13BO2/c1-3-15-39(16-4-1)51-33-49(45-23-11-21-43(31-45)47-27-25-37-13-7-9-19-41(37)29-47)36-54-52(40-17-5-2-6-18-40)34-50(35-53(51)54)46-24-12-22-44(32-46)48-28-26-38-14-8-10-20-42(38)30-48;23-17-11-19(15-7-3-1-4-8-15)21-13-18(24)12-20(22(21)14-17)16-9-5-2-6-10-16;18-17(19)16-7-3-6-14(11-16)15-9-8-12-4-1-2-5-13(12)10-15/h1-36H;1-14H;1-11,18-19H. The maximum Gasteiger partial charge on any atom is 0.488 e. The van der Waals surface area contributed by atoms with Gasteiger partial charge in [0, 0.05) is 8.95 Å². The van der Waals surface area contributed by atoms with Crippen LogP contribution < -0.4 is 5.46 Å². The van der Waals surface area contributed by atoms with Gasteiger partial charge in [0.15, 0.2) is 0 Å². The normalized spacial score (nSPS) is 11.1. The van der Waals surface area contributed by atoms with E-state index < -0.39 is 7.12 Å². The Hall–Kier alpha value is -11.0. The number of rotatable bonds is 10. The van der Waals surface area contributed by atoms with Gasteiger partial charge < -0.3 is 10.0 Å². The molecule has 17 rings (SSSR count). The van der Waals surface area contributed by atoms with Crippen LogP contribution in [0.2, 0.25) is 0 Å². The van der Waals surface area contributed by atoms with Crippen molar-refractivity contribution >= 4 is 98.3 Å². The fourth-order valence-corrected chi connectivity index (χ4v) is 14.3. The molecule has 97 heavy (non-hydrogen) atoms. The Morgan fingerprint density at radius 3 is 0.773 bits per heavy atom. The average Bonchev–Trinajstić information content (AvgIpc) is 0.768. The van der Waals surface area contributed by atoms with E-state index in [1.165, 1.54) is 143 Å². The monoisotopic (exact) mass is 1370 g/mol. The summed E-state index contributed by atoms with van der Waals surface area (Å²) in [5.74, 6) is 0. The summed E-state index contributed by atoms with van der Waals surface area (Å²) in [6, 6.07) is 132. The average molecular weight is 1370 g/mol. The Morgan fingerprint density at radius 1 is 0.175 bits per heavy atom. The Balaban J connectivity index is 0.000000146. The van der Waals surface area contributed by atoms with E-state index in [1.807, 2.05) is 30.3 Å². The largest absolute Gasteiger partial charge is 0.488 e. The molecule has 0 aromatic heterocycles. The van der Waals surface area contributed by atoms with Gasteiger partial charge in [0.25, 0.3) is 0 Å². The van der Waals surface area contributed by atoms with E-state index in [1.54, 1.807) is 12.1 Å². The summed E-state index contributed by atoms with van der Waals surface area (Å²) in [4.78, 5) is 0. The highest BCUT2D eigenvalue weighted by Gasteiger charge is 2.18. The van der Waals surface area contributed by atoms with Crippen LogP contribution in [-0.4, -0.2) is 17.2 Å². The van der Waals surface area contributed by atoms with Crippen molar-refractivity contribution < 1.29 is 10.0 Å². The molecule has 2 nitrogen and oxygen atoms in total. The topological polar surface area (TPSA) is 40.5 Å². The minimum Gasteiger partial charge on any atom is -0.423 e. The summed E-state index contributed by atoms with van der Waals surface area (Å²) in [5.41, 5.74) is 22.0. The fourth-order valence-electron chi connectivity index (χ4n) is 13.4. The van der Waals surface area contributed by atoms with Crippen molar-refractivity contribution in [2.24, 2.45) is 0 Å². The fraction of sp³-hybridized carbons (Fsp3) is 0. The van der Waals surface area contributed by atoms with Gasteiger partial charge in [-0.1, -0.05) is 323 Å². The van der Waals surface area contributed by atoms with Crippen molar-refractivity contribution in [3.63, 3.8) is 0 Å². The van der Waals surface area contributed by atoms with Crippen LogP contribution in [0.5, 0.6) is 0 Å². The molecule has 0 spiro atoms. The number of hydrogen-bond acceptors (Lipinski definition) is 2. The summed E-state index contributed by atoms with van der Waals surface area (Å²) in [6.45, 7) is 0. The van der Waals surface area contributed by atoms with Gasteiger partial charge in [0.05, 0.1) is 0 Å². The first kappa shape index (κ1) is 62.1. The number of halogens is 2. The number of fused-ring (bicyclic) bond motifs is 5. The highest BCUT2D eigenvalue weighted by molar-refractivity contribution is 9.10. The van der Waals surface area contributed by atoms with Crippen LogP contribution in [0.1, 0.15) is 0 Å². The molecule has 5 heteroatoms. The van der Waals surface area contributed by atoms with E-state index in [9.17, 15) is 10.0 Å². The smallest absolute Gasteiger partial charge is 0.423 e. The molecule has 17 aromatic rings. The van der Waals surface area contributed by atoms with E-state index in [0.717, 1.165) is 20.1 Å². The SMILES string of the molecule is Brc1cc(-c2ccccc2)c2cc(Br)cc(-c3ccccc3)c2c1.OB(O)c1cccc(-c2ccc3ccccc3c2)c1.c1ccc(-c2cc(-c3cccc(-c4ccc5ccccc5c4)c3)cc3c(-c4ccccc4)cc(-c4cccc(-c5ccc6ccccc6c5)c4)cc23)cc1. The van der Waals surface area contributed by atoms with Crippen molar-refractivity contribution in [3.05, 3.63) is 379 Å². The lowest BCUT2D eigenvalue weighted by molar-refractivity contribution is 0.426. The highest BCUT2D eigenvalue weighted by Crippen LogP contribution is 2.44. The summed E-state index contributed by atoms with van der Waals surface area (Å²) in [6.07, 6.45) is 0. The van der Waals surface area contributed by atoms with Gasteiger partial charge in [-0.15, -0.1) is 0 Å². The third-order valence-corrected chi connectivity index (χ3v) is 19.1. The molecule has 0 atom stereocenters. The van der Waals surface area contributed by atoms with Crippen molar-refractivity contribution in [3.8, 4) is 100 Å². The Morgan fingerprint density at radius 2 is 0.433 bits per heavy atom. The van der Waals surface area contributed by atoms with Crippen molar-refractivity contribution in [1.29, 1.82) is 0 Å². The first-order valence-corrected chi connectivity index (χ1v) is 34.2. The molecule has 0 bridgehead atoms. The summed E-state index contributed by atoms with van der Waals surface area (Å²) in [5, 5.41) is 30.8. The van der Waals surface area contributed by atoms with E-state index in [2.05, 4.69) is 359 Å². The van der Waals surface area contributed by atoms with Crippen LogP contribution in [0, 0.1) is 0 Å².